The topological polar surface area (TPSA) is 55.8 Å². The molecule has 3 unspecified atom stereocenters. The zero-order chi connectivity index (χ0) is 12.8. The second-order valence-electron chi connectivity index (χ2n) is 4.20. The number of hydrogen-bond acceptors (Lipinski definition) is 4. The highest BCUT2D eigenvalue weighted by Crippen LogP contribution is 2.28. The van der Waals surface area contributed by atoms with Crippen LogP contribution in [0.15, 0.2) is 0 Å². The van der Waals surface area contributed by atoms with E-state index in [0.717, 1.165) is 6.42 Å². The van der Waals surface area contributed by atoms with Gasteiger partial charge in [-0.2, -0.15) is 0 Å². The van der Waals surface area contributed by atoms with E-state index in [0.29, 0.717) is 13.0 Å². The summed E-state index contributed by atoms with van der Waals surface area (Å²) in [5.41, 5.74) is -1.20. The Kier molecular flexibility index (Phi) is 6.60. The lowest BCUT2D eigenvalue weighted by atomic mass is 9.82. The van der Waals surface area contributed by atoms with Gasteiger partial charge in [0.1, 0.15) is 5.60 Å². The van der Waals surface area contributed by atoms with E-state index in [2.05, 4.69) is 0 Å². The predicted molar refractivity (Wildman–Crippen MR) is 62.1 cm³/mol. The minimum absolute atomic E-state index is 0.330. The van der Waals surface area contributed by atoms with Gasteiger partial charge in [0, 0.05) is 7.11 Å². The maximum Gasteiger partial charge on any atom is 0.311 e. The zero-order valence-electron chi connectivity index (χ0n) is 10.9. The predicted octanol–water partition coefficient (Wildman–Crippen LogP) is 1.75. The van der Waals surface area contributed by atoms with Crippen LogP contribution in [0.5, 0.6) is 0 Å². The van der Waals surface area contributed by atoms with Crippen molar-refractivity contribution in [2.45, 2.75) is 52.2 Å². The highest BCUT2D eigenvalue weighted by molar-refractivity contribution is 5.73. The summed E-state index contributed by atoms with van der Waals surface area (Å²) in [5, 5.41) is 10.3. The zero-order valence-corrected chi connectivity index (χ0v) is 10.9. The van der Waals surface area contributed by atoms with Crippen LogP contribution < -0.4 is 0 Å². The summed E-state index contributed by atoms with van der Waals surface area (Å²) >= 11 is 0. The van der Waals surface area contributed by atoms with Gasteiger partial charge in [-0.25, -0.2) is 0 Å². The first-order valence-corrected chi connectivity index (χ1v) is 5.83. The van der Waals surface area contributed by atoms with Crippen LogP contribution in [-0.2, 0) is 14.3 Å². The van der Waals surface area contributed by atoms with E-state index in [1.165, 1.54) is 7.11 Å². The summed E-state index contributed by atoms with van der Waals surface area (Å²) in [6.45, 7) is 7.44. The molecule has 0 saturated carbocycles. The van der Waals surface area contributed by atoms with Gasteiger partial charge >= 0.3 is 5.97 Å². The minimum atomic E-state index is -1.20. The molecule has 0 aliphatic rings. The molecule has 0 aliphatic heterocycles. The van der Waals surface area contributed by atoms with Gasteiger partial charge in [-0.1, -0.05) is 13.3 Å². The van der Waals surface area contributed by atoms with Crippen LogP contribution in [0.25, 0.3) is 0 Å². The van der Waals surface area contributed by atoms with Crippen LogP contribution in [0.1, 0.15) is 40.5 Å². The van der Waals surface area contributed by atoms with Crippen molar-refractivity contribution in [1.29, 1.82) is 0 Å². The molecule has 0 aliphatic carbocycles. The molecule has 16 heavy (non-hydrogen) atoms. The van der Waals surface area contributed by atoms with Crippen molar-refractivity contribution in [2.75, 3.05) is 13.7 Å². The molecule has 96 valence electrons. The normalized spacial score (nSPS) is 18.6. The fourth-order valence-electron chi connectivity index (χ4n) is 1.70. The number of aliphatic hydroxyl groups is 1. The molecule has 0 heterocycles. The molecule has 0 aromatic rings. The third kappa shape index (κ3) is 3.76. The number of methoxy groups -OCH3 is 1. The molecular formula is C12H24O4. The maximum atomic E-state index is 11.8. The molecule has 0 bridgehead atoms. The van der Waals surface area contributed by atoms with Crippen LogP contribution >= 0.6 is 0 Å². The molecule has 0 radical (unpaired) electrons. The first-order valence-electron chi connectivity index (χ1n) is 5.83. The van der Waals surface area contributed by atoms with Crippen molar-refractivity contribution in [2.24, 2.45) is 5.92 Å². The van der Waals surface area contributed by atoms with Gasteiger partial charge in [0.05, 0.1) is 18.6 Å². The molecule has 4 nitrogen and oxygen atoms in total. The first kappa shape index (κ1) is 15.4. The molecule has 0 aromatic carbocycles. The van der Waals surface area contributed by atoms with Crippen LogP contribution in [0.2, 0.25) is 0 Å². The second kappa shape index (κ2) is 6.86. The molecule has 0 amide bonds. The Bertz CT molecular complexity index is 213. The van der Waals surface area contributed by atoms with E-state index < -0.39 is 17.6 Å². The van der Waals surface area contributed by atoms with Crippen molar-refractivity contribution in [1.82, 2.24) is 0 Å². The molecule has 1 N–H and O–H groups in total. The molecule has 4 heteroatoms. The van der Waals surface area contributed by atoms with E-state index >= 15 is 0 Å². The second-order valence-corrected chi connectivity index (χ2v) is 4.20. The summed E-state index contributed by atoms with van der Waals surface area (Å²) in [4.78, 5) is 11.8. The maximum absolute atomic E-state index is 11.8. The van der Waals surface area contributed by atoms with E-state index in [-0.39, 0.29) is 5.97 Å². The van der Waals surface area contributed by atoms with Crippen molar-refractivity contribution >= 4 is 5.97 Å². The van der Waals surface area contributed by atoms with E-state index in [4.69, 9.17) is 9.47 Å². The Morgan fingerprint density at radius 2 is 2.00 bits per heavy atom. The van der Waals surface area contributed by atoms with Crippen LogP contribution in [0.3, 0.4) is 0 Å². The monoisotopic (exact) mass is 232 g/mol. The third-order valence-corrected chi connectivity index (χ3v) is 3.03. The Morgan fingerprint density at radius 1 is 1.44 bits per heavy atom. The summed E-state index contributed by atoms with van der Waals surface area (Å²) in [5.74, 6) is -0.884. The largest absolute Gasteiger partial charge is 0.466 e. The number of esters is 1. The molecule has 0 fully saturated rings. The Morgan fingerprint density at radius 3 is 2.38 bits per heavy atom. The van der Waals surface area contributed by atoms with Gasteiger partial charge in [0.25, 0.3) is 0 Å². The summed E-state index contributed by atoms with van der Waals surface area (Å²) < 4.78 is 10.1. The average Bonchev–Trinajstić information content (AvgIpc) is 2.24. The Labute approximate surface area is 97.9 Å². The van der Waals surface area contributed by atoms with Crippen molar-refractivity contribution in [3.8, 4) is 0 Å². The Balaban J connectivity index is 4.80. The van der Waals surface area contributed by atoms with Crippen LogP contribution in [-0.4, -0.2) is 36.5 Å². The quantitative estimate of drug-likeness (QED) is 0.679. The lowest BCUT2D eigenvalue weighted by molar-refractivity contribution is -0.169. The fourth-order valence-corrected chi connectivity index (χ4v) is 1.70. The highest BCUT2D eigenvalue weighted by atomic mass is 16.5. The Hall–Kier alpha value is -0.610. The first-order chi connectivity index (χ1) is 7.41. The van der Waals surface area contributed by atoms with Gasteiger partial charge < -0.3 is 14.6 Å². The van der Waals surface area contributed by atoms with Crippen molar-refractivity contribution in [3.63, 3.8) is 0 Å². The minimum Gasteiger partial charge on any atom is -0.466 e. The highest BCUT2D eigenvalue weighted by Gasteiger charge is 2.42. The average molecular weight is 232 g/mol. The van der Waals surface area contributed by atoms with Gasteiger partial charge in [-0.15, -0.1) is 0 Å². The van der Waals surface area contributed by atoms with Crippen LogP contribution in [0, 0.1) is 5.92 Å². The van der Waals surface area contributed by atoms with Gasteiger partial charge in [-0.3, -0.25) is 4.79 Å². The van der Waals surface area contributed by atoms with Gasteiger partial charge in [0.15, 0.2) is 0 Å². The molecule has 0 aromatic heterocycles. The molecule has 0 saturated heterocycles. The summed E-state index contributed by atoms with van der Waals surface area (Å²) in [7, 11) is 1.52. The standard InChI is InChI=1S/C12H24O4/c1-6-8-10(11(13)16-7-2)12(4,14)9(3)15-5/h9-10,14H,6-8H2,1-5H3. The molecule has 3 atom stereocenters. The number of rotatable bonds is 7. The number of carbonyl (C=O) groups is 1. The molecule has 0 rings (SSSR count). The summed E-state index contributed by atoms with van der Waals surface area (Å²) in [6, 6.07) is 0. The van der Waals surface area contributed by atoms with E-state index in [1.807, 2.05) is 6.92 Å². The summed E-state index contributed by atoms with van der Waals surface area (Å²) in [6.07, 6.45) is 1.00. The van der Waals surface area contributed by atoms with Gasteiger partial charge in [0.2, 0.25) is 0 Å². The smallest absolute Gasteiger partial charge is 0.311 e. The SMILES string of the molecule is CCCC(C(=O)OCC)C(C)(O)C(C)OC. The fraction of sp³-hybridized carbons (Fsp3) is 0.917. The number of ether oxygens (including phenoxy) is 2. The lowest BCUT2D eigenvalue weighted by Crippen LogP contribution is -2.49. The van der Waals surface area contributed by atoms with E-state index in [1.54, 1.807) is 20.8 Å². The number of carbonyl (C=O) groups excluding carboxylic acids is 1. The van der Waals surface area contributed by atoms with Crippen molar-refractivity contribution in [3.05, 3.63) is 0 Å². The molecule has 0 spiro atoms. The van der Waals surface area contributed by atoms with Gasteiger partial charge in [-0.05, 0) is 27.2 Å². The van der Waals surface area contributed by atoms with E-state index in [9.17, 15) is 9.90 Å². The molecular weight excluding hydrogens is 208 g/mol. The van der Waals surface area contributed by atoms with Crippen LogP contribution in [0.4, 0.5) is 0 Å². The lowest BCUT2D eigenvalue weighted by Gasteiger charge is -2.35. The third-order valence-electron chi connectivity index (χ3n) is 3.03. The number of hydrogen-bond donors (Lipinski definition) is 1. The van der Waals surface area contributed by atoms with Crippen molar-refractivity contribution < 1.29 is 19.4 Å².